The van der Waals surface area contributed by atoms with Crippen molar-refractivity contribution in [2.24, 2.45) is 4.99 Å². The maximum atomic E-state index is 9.00. The van der Waals surface area contributed by atoms with Crippen LogP contribution in [0.15, 0.2) is 30.3 Å². The molecule has 0 radical (unpaired) electrons. The van der Waals surface area contributed by atoms with Crippen LogP contribution >= 0.6 is 0 Å². The second-order valence-electron chi connectivity index (χ2n) is 2.00. The molecule has 0 bridgehead atoms. The Balaban J connectivity index is 0. The SMILES string of the molecule is C=CCN=CNCC=C.CC(=O)O. The first-order valence-corrected chi connectivity index (χ1v) is 3.78. The van der Waals surface area contributed by atoms with Crippen molar-refractivity contribution < 1.29 is 9.90 Å². The van der Waals surface area contributed by atoms with Gasteiger partial charge in [-0.1, -0.05) is 12.2 Å². The molecule has 0 saturated carbocycles. The van der Waals surface area contributed by atoms with Crippen LogP contribution in [-0.4, -0.2) is 30.5 Å². The van der Waals surface area contributed by atoms with Gasteiger partial charge in [-0.2, -0.15) is 0 Å². The van der Waals surface area contributed by atoms with Gasteiger partial charge in [-0.25, -0.2) is 0 Å². The second kappa shape index (κ2) is 13.0. The van der Waals surface area contributed by atoms with Gasteiger partial charge < -0.3 is 10.4 Å². The van der Waals surface area contributed by atoms with Crippen LogP contribution in [0, 0.1) is 0 Å². The number of hydrogen-bond acceptors (Lipinski definition) is 2. The number of carbonyl (C=O) groups is 1. The van der Waals surface area contributed by atoms with Gasteiger partial charge in [-0.05, 0) is 0 Å². The molecule has 0 spiro atoms. The third-order valence-corrected chi connectivity index (χ3v) is 0.679. The third kappa shape index (κ3) is 37.8. The minimum atomic E-state index is -0.833. The maximum absolute atomic E-state index is 9.00. The van der Waals surface area contributed by atoms with Crippen molar-refractivity contribution in [3.8, 4) is 0 Å². The van der Waals surface area contributed by atoms with E-state index in [9.17, 15) is 0 Å². The molecule has 4 heteroatoms. The first kappa shape index (κ1) is 14.0. The fourth-order valence-corrected chi connectivity index (χ4v) is 0.328. The van der Waals surface area contributed by atoms with Crippen LogP contribution in [0.25, 0.3) is 0 Å². The molecule has 0 heterocycles. The Hall–Kier alpha value is -1.58. The van der Waals surface area contributed by atoms with E-state index < -0.39 is 5.97 Å². The summed E-state index contributed by atoms with van der Waals surface area (Å²) < 4.78 is 0. The smallest absolute Gasteiger partial charge is 0.300 e. The number of nitrogens with zero attached hydrogens (tertiary/aromatic N) is 1. The van der Waals surface area contributed by atoms with Gasteiger partial charge in [0, 0.05) is 13.5 Å². The fourth-order valence-electron chi connectivity index (χ4n) is 0.328. The summed E-state index contributed by atoms with van der Waals surface area (Å²) in [6.07, 6.45) is 5.18. The molecular formula is C9H16N2O2. The Bertz CT molecular complexity index is 172. The zero-order valence-corrected chi connectivity index (χ0v) is 7.86. The van der Waals surface area contributed by atoms with Gasteiger partial charge in [-0.15, -0.1) is 13.2 Å². The van der Waals surface area contributed by atoms with Gasteiger partial charge in [0.05, 0.1) is 12.9 Å². The number of carboxylic acid groups (broad SMARTS) is 1. The van der Waals surface area contributed by atoms with E-state index in [4.69, 9.17) is 9.90 Å². The number of carboxylic acids is 1. The van der Waals surface area contributed by atoms with Crippen molar-refractivity contribution in [1.29, 1.82) is 0 Å². The van der Waals surface area contributed by atoms with Gasteiger partial charge in [0.25, 0.3) is 5.97 Å². The van der Waals surface area contributed by atoms with E-state index in [-0.39, 0.29) is 0 Å². The number of hydrogen-bond donors (Lipinski definition) is 2. The molecule has 0 aliphatic rings. The Morgan fingerprint density at radius 3 is 2.46 bits per heavy atom. The monoisotopic (exact) mass is 184 g/mol. The summed E-state index contributed by atoms with van der Waals surface area (Å²) >= 11 is 0. The molecule has 0 aromatic rings. The minimum Gasteiger partial charge on any atom is -0.481 e. The molecule has 0 aliphatic heterocycles. The van der Waals surface area contributed by atoms with Crippen LogP contribution < -0.4 is 5.32 Å². The Morgan fingerprint density at radius 2 is 2.08 bits per heavy atom. The molecule has 0 aromatic heterocycles. The molecule has 0 fully saturated rings. The first-order chi connectivity index (χ1) is 6.15. The number of aliphatic carboxylic acids is 1. The number of rotatable bonds is 5. The van der Waals surface area contributed by atoms with Gasteiger partial charge in [-0.3, -0.25) is 9.79 Å². The quantitative estimate of drug-likeness (QED) is 0.291. The maximum Gasteiger partial charge on any atom is 0.300 e. The lowest BCUT2D eigenvalue weighted by Crippen LogP contribution is -2.09. The zero-order valence-electron chi connectivity index (χ0n) is 7.86. The Morgan fingerprint density at radius 1 is 1.54 bits per heavy atom. The molecule has 4 nitrogen and oxygen atoms in total. The lowest BCUT2D eigenvalue weighted by Gasteiger charge is -1.89. The summed E-state index contributed by atoms with van der Waals surface area (Å²) in [6, 6.07) is 0. The predicted molar refractivity (Wildman–Crippen MR) is 55.1 cm³/mol. The molecule has 13 heavy (non-hydrogen) atoms. The normalized spacial score (nSPS) is 8.38. The van der Waals surface area contributed by atoms with Crippen molar-refractivity contribution in [1.82, 2.24) is 5.32 Å². The van der Waals surface area contributed by atoms with E-state index >= 15 is 0 Å². The van der Waals surface area contributed by atoms with Gasteiger partial charge in [0.2, 0.25) is 0 Å². The van der Waals surface area contributed by atoms with Crippen LogP contribution in [0.3, 0.4) is 0 Å². The summed E-state index contributed by atoms with van der Waals surface area (Å²) in [7, 11) is 0. The van der Waals surface area contributed by atoms with E-state index in [0.29, 0.717) is 6.54 Å². The van der Waals surface area contributed by atoms with Crippen molar-refractivity contribution in [3.63, 3.8) is 0 Å². The van der Waals surface area contributed by atoms with Crippen LogP contribution in [0.2, 0.25) is 0 Å². The van der Waals surface area contributed by atoms with Crippen molar-refractivity contribution >= 4 is 12.3 Å². The van der Waals surface area contributed by atoms with Crippen LogP contribution in [0.5, 0.6) is 0 Å². The zero-order chi connectivity index (χ0) is 10.5. The van der Waals surface area contributed by atoms with Crippen molar-refractivity contribution in [3.05, 3.63) is 25.3 Å². The second-order valence-corrected chi connectivity index (χ2v) is 2.00. The van der Waals surface area contributed by atoms with E-state index in [1.54, 1.807) is 18.5 Å². The molecule has 0 atom stereocenters. The molecule has 74 valence electrons. The van der Waals surface area contributed by atoms with Gasteiger partial charge in [0.1, 0.15) is 0 Å². The molecule has 0 aromatic carbocycles. The highest BCUT2D eigenvalue weighted by Crippen LogP contribution is 1.65. The highest BCUT2D eigenvalue weighted by atomic mass is 16.4. The average molecular weight is 184 g/mol. The third-order valence-electron chi connectivity index (χ3n) is 0.679. The molecule has 0 saturated heterocycles. The topological polar surface area (TPSA) is 61.7 Å². The summed E-state index contributed by atoms with van der Waals surface area (Å²) in [5.74, 6) is -0.833. The molecule has 2 N–H and O–H groups in total. The van der Waals surface area contributed by atoms with Crippen LogP contribution in [0.4, 0.5) is 0 Å². The summed E-state index contributed by atoms with van der Waals surface area (Å²) in [5, 5.41) is 10.3. The Kier molecular flexibility index (Phi) is 14.0. The largest absolute Gasteiger partial charge is 0.481 e. The van der Waals surface area contributed by atoms with Gasteiger partial charge in [0.15, 0.2) is 0 Å². The van der Waals surface area contributed by atoms with Crippen molar-refractivity contribution in [2.75, 3.05) is 13.1 Å². The molecule has 0 unspecified atom stereocenters. The van der Waals surface area contributed by atoms with E-state index in [2.05, 4.69) is 23.5 Å². The highest BCUT2D eigenvalue weighted by molar-refractivity contribution is 5.62. The fraction of sp³-hybridized carbons (Fsp3) is 0.333. The summed E-state index contributed by atoms with van der Waals surface area (Å²) in [4.78, 5) is 12.9. The first-order valence-electron chi connectivity index (χ1n) is 3.78. The van der Waals surface area contributed by atoms with Crippen LogP contribution in [-0.2, 0) is 4.79 Å². The predicted octanol–water partition coefficient (Wildman–Crippen LogP) is 1.07. The standard InChI is InChI=1S/C7H12N2.C2H4O2/c1-3-5-8-7-9-6-4-2;1-2(3)4/h3-4,7H,1-2,5-6H2,(H,8,9);1H3,(H,3,4). The molecular weight excluding hydrogens is 168 g/mol. The highest BCUT2D eigenvalue weighted by Gasteiger charge is 1.68. The Labute approximate surface area is 78.7 Å². The lowest BCUT2D eigenvalue weighted by molar-refractivity contribution is -0.134. The lowest BCUT2D eigenvalue weighted by atomic mass is 10.6. The molecule has 0 aliphatic carbocycles. The van der Waals surface area contributed by atoms with Crippen LogP contribution in [0.1, 0.15) is 6.92 Å². The summed E-state index contributed by atoms with van der Waals surface area (Å²) in [5.41, 5.74) is 0. The van der Waals surface area contributed by atoms with Crippen molar-refractivity contribution in [2.45, 2.75) is 6.92 Å². The number of nitrogens with one attached hydrogen (secondary N) is 1. The minimum absolute atomic E-state index is 0.671. The van der Waals surface area contributed by atoms with Gasteiger partial charge >= 0.3 is 0 Å². The summed E-state index contributed by atoms with van der Waals surface area (Å²) in [6.45, 7) is 9.57. The van der Waals surface area contributed by atoms with E-state index in [1.165, 1.54) is 0 Å². The number of aliphatic imine (C=N–C) groups is 1. The molecule has 0 rings (SSSR count). The average Bonchev–Trinajstić information content (AvgIpc) is 2.03. The van der Waals surface area contributed by atoms with E-state index in [1.807, 2.05) is 0 Å². The molecule has 0 amide bonds. The van der Waals surface area contributed by atoms with E-state index in [0.717, 1.165) is 13.5 Å².